The van der Waals surface area contributed by atoms with Gasteiger partial charge in [0.1, 0.15) is 0 Å². The molecule has 1 amide bonds. The lowest BCUT2D eigenvalue weighted by atomic mass is 10.1. The van der Waals surface area contributed by atoms with Gasteiger partial charge in [0.15, 0.2) is 0 Å². The second kappa shape index (κ2) is 5.71. The number of nitrogens with two attached hydrogens (primary N) is 1. The highest BCUT2D eigenvalue weighted by Gasteiger charge is 2.40. The lowest BCUT2D eigenvalue weighted by Gasteiger charge is -2.23. The molecular formula is C12H12ClF3N2O3S. The van der Waals surface area contributed by atoms with Gasteiger partial charge in [0.2, 0.25) is 15.9 Å². The van der Waals surface area contributed by atoms with E-state index in [0.717, 1.165) is 17.0 Å². The third-order valence-electron chi connectivity index (χ3n) is 3.24. The van der Waals surface area contributed by atoms with Gasteiger partial charge < -0.3 is 4.90 Å². The Morgan fingerprint density at radius 2 is 2.00 bits per heavy atom. The third kappa shape index (κ3) is 3.71. The van der Waals surface area contributed by atoms with Crippen molar-refractivity contribution in [3.63, 3.8) is 0 Å². The van der Waals surface area contributed by atoms with Crippen LogP contribution in [0, 0.1) is 5.92 Å². The topological polar surface area (TPSA) is 80.5 Å². The molecule has 0 aromatic heterocycles. The van der Waals surface area contributed by atoms with Crippen LogP contribution >= 0.6 is 11.6 Å². The van der Waals surface area contributed by atoms with Crippen molar-refractivity contribution in [2.24, 2.45) is 11.1 Å². The van der Waals surface area contributed by atoms with Crippen LogP contribution in [0.3, 0.4) is 0 Å². The summed E-state index contributed by atoms with van der Waals surface area (Å²) in [6.07, 6.45) is -4.88. The Morgan fingerprint density at radius 3 is 2.55 bits per heavy atom. The van der Waals surface area contributed by atoms with E-state index in [9.17, 15) is 26.4 Å². The molecule has 1 unspecified atom stereocenters. The monoisotopic (exact) mass is 356 g/mol. The molecule has 5 nitrogen and oxygen atoms in total. The SMILES string of the molecule is NS(=O)(=O)CC1CC(=O)N(c2c(Cl)cccc2C(F)(F)F)C1. The highest BCUT2D eigenvalue weighted by atomic mass is 35.5. The van der Waals surface area contributed by atoms with Crippen molar-refractivity contribution >= 4 is 33.2 Å². The minimum atomic E-state index is -4.68. The standard InChI is InChI=1S/C12H12ClF3N2O3S/c13-9-3-1-2-8(12(14,15)16)11(9)18-5-7(4-10(18)19)6-22(17,20)21/h1-3,7H,4-6H2,(H2,17,20,21). The van der Waals surface area contributed by atoms with Gasteiger partial charge in [-0.05, 0) is 12.1 Å². The number of rotatable bonds is 3. The van der Waals surface area contributed by atoms with Crippen LogP contribution in [-0.2, 0) is 21.0 Å². The zero-order valence-corrected chi connectivity index (χ0v) is 12.7. The summed E-state index contributed by atoms with van der Waals surface area (Å²) in [6, 6.07) is 3.20. The number of carbonyl (C=O) groups is 1. The van der Waals surface area contributed by atoms with Crippen LogP contribution < -0.4 is 10.0 Å². The number of alkyl halides is 3. The van der Waals surface area contributed by atoms with Crippen LogP contribution in [0.2, 0.25) is 5.02 Å². The molecule has 1 fully saturated rings. The number of benzene rings is 1. The van der Waals surface area contributed by atoms with E-state index >= 15 is 0 Å². The number of nitrogens with zero attached hydrogens (tertiary/aromatic N) is 1. The van der Waals surface area contributed by atoms with Crippen molar-refractivity contribution in [3.05, 3.63) is 28.8 Å². The van der Waals surface area contributed by atoms with E-state index in [1.54, 1.807) is 0 Å². The highest BCUT2D eigenvalue weighted by Crippen LogP contribution is 2.42. The van der Waals surface area contributed by atoms with E-state index in [1.165, 1.54) is 6.07 Å². The van der Waals surface area contributed by atoms with Gasteiger partial charge in [0.05, 0.1) is 22.0 Å². The van der Waals surface area contributed by atoms with Crippen molar-refractivity contribution in [1.29, 1.82) is 0 Å². The zero-order chi connectivity index (χ0) is 16.7. The van der Waals surface area contributed by atoms with Crippen LogP contribution in [0.1, 0.15) is 12.0 Å². The number of para-hydroxylation sites is 1. The van der Waals surface area contributed by atoms with E-state index in [2.05, 4.69) is 0 Å². The molecule has 22 heavy (non-hydrogen) atoms. The van der Waals surface area contributed by atoms with Gasteiger partial charge >= 0.3 is 6.18 Å². The molecule has 0 radical (unpaired) electrons. The van der Waals surface area contributed by atoms with E-state index in [-0.39, 0.29) is 18.0 Å². The maximum absolute atomic E-state index is 13.1. The molecule has 1 aliphatic heterocycles. The number of hydrogen-bond acceptors (Lipinski definition) is 3. The average Bonchev–Trinajstić information content (AvgIpc) is 2.65. The summed E-state index contributed by atoms with van der Waals surface area (Å²) in [6.45, 7) is -0.178. The maximum atomic E-state index is 13.1. The summed E-state index contributed by atoms with van der Waals surface area (Å²) in [5.41, 5.74) is -1.48. The third-order valence-corrected chi connectivity index (χ3v) is 4.48. The van der Waals surface area contributed by atoms with Crippen molar-refractivity contribution < 1.29 is 26.4 Å². The van der Waals surface area contributed by atoms with Crippen LogP contribution in [0.15, 0.2) is 18.2 Å². The number of carbonyl (C=O) groups excluding carboxylic acids is 1. The molecule has 1 aromatic rings. The molecule has 1 aliphatic rings. The van der Waals surface area contributed by atoms with Gasteiger partial charge in [0, 0.05) is 18.9 Å². The summed E-state index contributed by atoms with van der Waals surface area (Å²) >= 11 is 5.82. The predicted octanol–water partition coefficient (Wildman–Crippen LogP) is 2.00. The van der Waals surface area contributed by atoms with Gasteiger partial charge in [-0.15, -0.1) is 0 Å². The fraction of sp³-hybridized carbons (Fsp3) is 0.417. The van der Waals surface area contributed by atoms with E-state index in [4.69, 9.17) is 16.7 Å². The average molecular weight is 357 g/mol. The summed E-state index contributed by atoms with van der Waals surface area (Å²) in [5.74, 6) is -1.76. The van der Waals surface area contributed by atoms with Gasteiger partial charge in [-0.2, -0.15) is 13.2 Å². The predicted molar refractivity (Wildman–Crippen MR) is 74.9 cm³/mol. The van der Waals surface area contributed by atoms with E-state index in [0.29, 0.717) is 0 Å². The quantitative estimate of drug-likeness (QED) is 0.899. The molecular weight excluding hydrogens is 345 g/mol. The molecule has 0 spiro atoms. The fourth-order valence-electron chi connectivity index (χ4n) is 2.46. The van der Waals surface area contributed by atoms with Crippen molar-refractivity contribution in [3.8, 4) is 0 Å². The number of amides is 1. The van der Waals surface area contributed by atoms with Crippen LogP contribution in [0.25, 0.3) is 0 Å². The van der Waals surface area contributed by atoms with Crippen LogP contribution in [0.4, 0.5) is 18.9 Å². The Labute approximate surface area is 129 Å². The first-order chi connectivity index (χ1) is 9.99. The Morgan fingerprint density at radius 1 is 1.36 bits per heavy atom. The molecule has 1 heterocycles. The number of halogens is 4. The Hall–Kier alpha value is -1.32. The molecule has 2 N–H and O–H groups in total. The summed E-state index contributed by atoms with van der Waals surface area (Å²) < 4.78 is 61.3. The first-order valence-electron chi connectivity index (χ1n) is 6.15. The molecule has 0 aliphatic carbocycles. The molecule has 1 atom stereocenters. The smallest absolute Gasteiger partial charge is 0.310 e. The summed E-state index contributed by atoms with van der Waals surface area (Å²) in [4.78, 5) is 12.8. The van der Waals surface area contributed by atoms with Gasteiger partial charge in [-0.1, -0.05) is 17.7 Å². The van der Waals surface area contributed by atoms with Crippen LogP contribution in [-0.4, -0.2) is 26.6 Å². The number of sulfonamides is 1. The van der Waals surface area contributed by atoms with Crippen molar-refractivity contribution in [2.75, 3.05) is 17.2 Å². The minimum Gasteiger partial charge on any atom is -0.310 e. The molecule has 122 valence electrons. The second-order valence-electron chi connectivity index (χ2n) is 5.04. The Bertz CT molecular complexity index is 706. The summed E-state index contributed by atoms with van der Waals surface area (Å²) in [5, 5.41) is 4.69. The van der Waals surface area contributed by atoms with Gasteiger partial charge in [-0.3, -0.25) is 4.79 Å². The highest BCUT2D eigenvalue weighted by molar-refractivity contribution is 7.89. The minimum absolute atomic E-state index is 0.178. The fourth-order valence-corrected chi connectivity index (χ4v) is 3.61. The molecule has 10 heteroatoms. The van der Waals surface area contributed by atoms with Gasteiger partial charge in [-0.25, -0.2) is 13.6 Å². The summed E-state index contributed by atoms with van der Waals surface area (Å²) in [7, 11) is -3.82. The van der Waals surface area contributed by atoms with Crippen LogP contribution in [0.5, 0.6) is 0 Å². The van der Waals surface area contributed by atoms with Crippen molar-refractivity contribution in [1.82, 2.24) is 0 Å². The Kier molecular flexibility index (Phi) is 4.42. The molecule has 0 bridgehead atoms. The normalized spacial score (nSPS) is 19.8. The number of primary sulfonamides is 1. The lowest BCUT2D eigenvalue weighted by molar-refractivity contribution is -0.137. The molecule has 0 saturated carbocycles. The number of hydrogen-bond donors (Lipinski definition) is 1. The van der Waals surface area contributed by atoms with Crippen molar-refractivity contribution in [2.45, 2.75) is 12.6 Å². The first-order valence-corrected chi connectivity index (χ1v) is 8.25. The second-order valence-corrected chi connectivity index (χ2v) is 7.10. The van der Waals surface area contributed by atoms with E-state index in [1.807, 2.05) is 0 Å². The largest absolute Gasteiger partial charge is 0.418 e. The van der Waals surface area contributed by atoms with Gasteiger partial charge in [0.25, 0.3) is 0 Å². The molecule has 2 rings (SSSR count). The Balaban J connectivity index is 2.39. The zero-order valence-electron chi connectivity index (χ0n) is 11.1. The lowest BCUT2D eigenvalue weighted by Crippen LogP contribution is -2.29. The molecule has 1 saturated heterocycles. The first kappa shape index (κ1) is 17.0. The molecule has 1 aromatic carbocycles. The van der Waals surface area contributed by atoms with E-state index < -0.39 is 45.0 Å². The number of anilines is 1. The maximum Gasteiger partial charge on any atom is 0.418 e.